The van der Waals surface area contributed by atoms with Crippen molar-refractivity contribution in [1.29, 1.82) is 0 Å². The lowest BCUT2D eigenvalue weighted by Gasteiger charge is -1.98. The van der Waals surface area contributed by atoms with E-state index in [2.05, 4.69) is 15.3 Å². The molecule has 0 aliphatic carbocycles. The van der Waals surface area contributed by atoms with E-state index in [9.17, 15) is 0 Å². The Hall–Kier alpha value is -2.37. The summed E-state index contributed by atoms with van der Waals surface area (Å²) in [4.78, 5) is 4.59. The van der Waals surface area contributed by atoms with Crippen molar-refractivity contribution in [2.24, 2.45) is 0 Å². The quantitative estimate of drug-likeness (QED) is 0.732. The molecule has 3 rings (SSSR count). The maximum Gasteiger partial charge on any atom is 0.168 e. The summed E-state index contributed by atoms with van der Waals surface area (Å²) in [5, 5.41) is 7.84. The summed E-state index contributed by atoms with van der Waals surface area (Å²) in [6.45, 7) is 4.53. The average Bonchev–Trinajstić information content (AvgIpc) is 2.89. The summed E-state index contributed by atoms with van der Waals surface area (Å²) in [6.07, 6.45) is 3.99. The first-order valence-corrected chi connectivity index (χ1v) is 5.74. The van der Waals surface area contributed by atoms with Crippen LogP contribution in [-0.4, -0.2) is 24.4 Å². The first kappa shape index (κ1) is 10.8. The van der Waals surface area contributed by atoms with Crippen LogP contribution in [0.2, 0.25) is 0 Å². The number of hydrogen-bond donors (Lipinski definition) is 1. The molecule has 6 heteroatoms. The van der Waals surface area contributed by atoms with Gasteiger partial charge in [0.05, 0.1) is 17.9 Å². The smallest absolute Gasteiger partial charge is 0.168 e. The van der Waals surface area contributed by atoms with Gasteiger partial charge in [-0.3, -0.25) is 0 Å². The van der Waals surface area contributed by atoms with E-state index < -0.39 is 0 Å². The Labute approximate surface area is 104 Å². The van der Waals surface area contributed by atoms with Gasteiger partial charge in [0.15, 0.2) is 5.82 Å². The average molecular weight is 242 g/mol. The van der Waals surface area contributed by atoms with Gasteiger partial charge < -0.3 is 10.1 Å². The Balaban J connectivity index is 2.00. The Morgan fingerprint density at radius 1 is 1.33 bits per heavy atom. The van der Waals surface area contributed by atoms with Crippen LogP contribution in [0.1, 0.15) is 17.0 Å². The van der Waals surface area contributed by atoms with E-state index in [4.69, 9.17) is 5.73 Å². The zero-order chi connectivity index (χ0) is 12.7. The standard InChI is InChI=1S/C12H14N6/c1-8-4-3-5-17-6-10(14-12(8)17)7-18-9(2)11(13)15-16-18/h3-6H,7,13H2,1-2H3. The molecule has 2 N–H and O–H groups in total. The first-order valence-electron chi connectivity index (χ1n) is 5.74. The molecule has 92 valence electrons. The summed E-state index contributed by atoms with van der Waals surface area (Å²) in [5.74, 6) is 0.468. The summed E-state index contributed by atoms with van der Waals surface area (Å²) in [7, 11) is 0. The van der Waals surface area contributed by atoms with Gasteiger partial charge in [-0.2, -0.15) is 0 Å². The van der Waals surface area contributed by atoms with Crippen LogP contribution in [0.4, 0.5) is 5.82 Å². The number of nitrogens with zero attached hydrogens (tertiary/aromatic N) is 5. The predicted octanol–water partition coefficient (Wildman–Crippen LogP) is 1.17. The van der Waals surface area contributed by atoms with Crippen molar-refractivity contribution in [1.82, 2.24) is 24.4 Å². The summed E-state index contributed by atoms with van der Waals surface area (Å²) in [6, 6.07) is 4.05. The predicted molar refractivity (Wildman–Crippen MR) is 68.2 cm³/mol. The van der Waals surface area contributed by atoms with Crippen LogP contribution >= 0.6 is 0 Å². The molecule has 0 aliphatic rings. The minimum Gasteiger partial charge on any atom is -0.381 e. The third-order valence-corrected chi connectivity index (χ3v) is 3.06. The lowest BCUT2D eigenvalue weighted by molar-refractivity contribution is 0.625. The van der Waals surface area contributed by atoms with E-state index in [1.54, 1.807) is 4.68 Å². The third-order valence-electron chi connectivity index (χ3n) is 3.06. The molecule has 0 bridgehead atoms. The van der Waals surface area contributed by atoms with Gasteiger partial charge in [0, 0.05) is 12.4 Å². The SMILES string of the molecule is Cc1cccn2cc(Cn3nnc(N)c3C)nc12. The Kier molecular flexibility index (Phi) is 2.29. The van der Waals surface area contributed by atoms with Crippen molar-refractivity contribution in [3.8, 4) is 0 Å². The van der Waals surface area contributed by atoms with Gasteiger partial charge in [-0.05, 0) is 25.5 Å². The van der Waals surface area contributed by atoms with E-state index in [1.165, 1.54) is 0 Å². The van der Waals surface area contributed by atoms with Crippen LogP contribution in [0.25, 0.3) is 5.65 Å². The Morgan fingerprint density at radius 3 is 2.83 bits per heavy atom. The van der Waals surface area contributed by atoms with Crippen molar-refractivity contribution < 1.29 is 0 Å². The molecule has 18 heavy (non-hydrogen) atoms. The van der Waals surface area contributed by atoms with E-state index in [0.29, 0.717) is 12.4 Å². The largest absolute Gasteiger partial charge is 0.381 e. The number of imidazole rings is 1. The highest BCUT2D eigenvalue weighted by Gasteiger charge is 2.08. The zero-order valence-electron chi connectivity index (χ0n) is 10.3. The van der Waals surface area contributed by atoms with Crippen molar-refractivity contribution in [3.05, 3.63) is 41.5 Å². The molecular weight excluding hydrogens is 228 g/mol. The van der Waals surface area contributed by atoms with Crippen molar-refractivity contribution in [2.45, 2.75) is 20.4 Å². The topological polar surface area (TPSA) is 74.0 Å². The van der Waals surface area contributed by atoms with E-state index >= 15 is 0 Å². The molecule has 0 saturated heterocycles. The Bertz CT molecular complexity index is 709. The second-order valence-corrected chi connectivity index (χ2v) is 4.37. The maximum absolute atomic E-state index is 5.67. The molecule has 6 nitrogen and oxygen atoms in total. The minimum atomic E-state index is 0.468. The van der Waals surface area contributed by atoms with Crippen molar-refractivity contribution >= 4 is 11.5 Å². The molecule has 0 atom stereocenters. The molecule has 3 heterocycles. The van der Waals surface area contributed by atoms with E-state index in [1.807, 2.05) is 42.8 Å². The number of rotatable bonds is 2. The van der Waals surface area contributed by atoms with Crippen molar-refractivity contribution in [2.75, 3.05) is 5.73 Å². The van der Waals surface area contributed by atoms with Crippen LogP contribution in [-0.2, 0) is 6.54 Å². The normalized spacial score (nSPS) is 11.2. The lowest BCUT2D eigenvalue weighted by Crippen LogP contribution is -2.04. The van der Waals surface area contributed by atoms with Crippen molar-refractivity contribution in [3.63, 3.8) is 0 Å². The van der Waals surface area contributed by atoms with Crippen LogP contribution < -0.4 is 5.73 Å². The molecule has 0 fully saturated rings. The van der Waals surface area contributed by atoms with Crippen LogP contribution in [0.5, 0.6) is 0 Å². The van der Waals surface area contributed by atoms with Gasteiger partial charge in [0.25, 0.3) is 0 Å². The number of nitrogens with two attached hydrogens (primary N) is 1. The van der Waals surface area contributed by atoms with E-state index in [-0.39, 0.29) is 0 Å². The first-order chi connectivity index (χ1) is 8.65. The number of nitrogen functional groups attached to an aromatic ring is 1. The van der Waals surface area contributed by atoms with Gasteiger partial charge in [-0.1, -0.05) is 11.3 Å². The van der Waals surface area contributed by atoms with Gasteiger partial charge in [-0.25, -0.2) is 9.67 Å². The second-order valence-electron chi connectivity index (χ2n) is 4.37. The molecule has 0 saturated carbocycles. The van der Waals surface area contributed by atoms with Crippen LogP contribution in [0.15, 0.2) is 24.5 Å². The second kappa shape index (κ2) is 3.83. The molecule has 0 amide bonds. The number of aromatic nitrogens is 5. The number of aryl methyl sites for hydroxylation is 1. The highest BCUT2D eigenvalue weighted by atomic mass is 15.4. The fourth-order valence-electron chi connectivity index (χ4n) is 1.96. The van der Waals surface area contributed by atoms with Gasteiger partial charge >= 0.3 is 0 Å². The monoisotopic (exact) mass is 242 g/mol. The highest BCUT2D eigenvalue weighted by Crippen LogP contribution is 2.12. The number of pyridine rings is 1. The van der Waals surface area contributed by atoms with E-state index in [0.717, 1.165) is 22.6 Å². The maximum atomic E-state index is 5.67. The molecule has 0 aromatic carbocycles. The van der Waals surface area contributed by atoms with Gasteiger partial charge in [0.2, 0.25) is 0 Å². The fourth-order valence-corrected chi connectivity index (χ4v) is 1.96. The fraction of sp³-hybridized carbons (Fsp3) is 0.250. The molecule has 3 aromatic rings. The summed E-state index contributed by atoms with van der Waals surface area (Å²) < 4.78 is 3.77. The zero-order valence-corrected chi connectivity index (χ0v) is 10.3. The van der Waals surface area contributed by atoms with Crippen LogP contribution in [0, 0.1) is 13.8 Å². The molecule has 0 radical (unpaired) electrons. The molecule has 0 spiro atoms. The molecule has 0 unspecified atom stereocenters. The minimum absolute atomic E-state index is 0.468. The van der Waals surface area contributed by atoms with Gasteiger partial charge in [-0.15, -0.1) is 5.10 Å². The third kappa shape index (κ3) is 1.62. The summed E-state index contributed by atoms with van der Waals surface area (Å²) >= 11 is 0. The lowest BCUT2D eigenvalue weighted by atomic mass is 10.3. The number of hydrogen-bond acceptors (Lipinski definition) is 4. The Morgan fingerprint density at radius 2 is 2.17 bits per heavy atom. The molecule has 0 aliphatic heterocycles. The number of fused-ring (bicyclic) bond motifs is 1. The highest BCUT2D eigenvalue weighted by molar-refractivity contribution is 5.47. The molecule has 3 aromatic heterocycles. The van der Waals surface area contributed by atoms with Gasteiger partial charge in [0.1, 0.15) is 5.65 Å². The summed E-state index contributed by atoms with van der Waals surface area (Å²) in [5.41, 5.74) is 9.60. The number of anilines is 1. The molecular formula is C12H14N6. The van der Waals surface area contributed by atoms with Crippen LogP contribution in [0.3, 0.4) is 0 Å².